The molecule has 0 aliphatic carbocycles. The number of halogens is 2. The van der Waals surface area contributed by atoms with Gasteiger partial charge in [-0.15, -0.1) is 0 Å². The Balaban J connectivity index is 2.31. The van der Waals surface area contributed by atoms with Crippen LogP contribution in [0.2, 0.25) is 10.0 Å². The summed E-state index contributed by atoms with van der Waals surface area (Å²) in [5.41, 5.74) is 0.655. The normalized spacial score (nSPS) is 18.8. The number of hydrogen-bond donors (Lipinski definition) is 0. The van der Waals surface area contributed by atoms with Crippen LogP contribution in [0.3, 0.4) is 0 Å². The highest BCUT2D eigenvalue weighted by Gasteiger charge is 2.37. The van der Waals surface area contributed by atoms with Gasteiger partial charge in [-0.1, -0.05) is 23.2 Å². The van der Waals surface area contributed by atoms with Gasteiger partial charge in [0.25, 0.3) is 0 Å². The fraction of sp³-hybridized carbons (Fsp3) is 0.417. The first-order valence-corrected chi connectivity index (χ1v) is 6.40. The van der Waals surface area contributed by atoms with Crippen LogP contribution in [-0.4, -0.2) is 30.5 Å². The lowest BCUT2D eigenvalue weighted by molar-refractivity contribution is -0.145. The molecule has 1 amide bonds. The second-order valence-corrected chi connectivity index (χ2v) is 5.08. The van der Waals surface area contributed by atoms with Crippen LogP contribution in [0.25, 0.3) is 0 Å². The van der Waals surface area contributed by atoms with Gasteiger partial charge >= 0.3 is 5.97 Å². The van der Waals surface area contributed by atoms with Gasteiger partial charge in [-0.05, 0) is 12.5 Å². The highest BCUT2D eigenvalue weighted by atomic mass is 35.5. The molecule has 0 N–H and O–H groups in total. The van der Waals surface area contributed by atoms with Gasteiger partial charge in [0.2, 0.25) is 5.91 Å². The molecule has 1 aliphatic heterocycles. The van der Waals surface area contributed by atoms with Gasteiger partial charge in [-0.2, -0.15) is 0 Å². The number of methoxy groups -OCH3 is 1. The molecule has 1 fully saturated rings. The average molecular weight is 303 g/mol. The second-order valence-electron chi connectivity index (χ2n) is 4.30. The molecule has 0 aromatic carbocycles. The van der Waals surface area contributed by atoms with E-state index in [1.165, 1.54) is 18.2 Å². The van der Waals surface area contributed by atoms with Crippen LogP contribution >= 0.6 is 23.2 Å². The number of ether oxygens (including phenoxy) is 1. The Labute approximate surface area is 120 Å². The van der Waals surface area contributed by atoms with Gasteiger partial charge in [-0.3, -0.25) is 14.5 Å². The van der Waals surface area contributed by atoms with Crippen molar-refractivity contribution in [3.63, 3.8) is 0 Å². The number of carbonyl (C=O) groups is 2. The molecule has 0 radical (unpaired) electrons. The van der Waals surface area contributed by atoms with Crippen molar-refractivity contribution in [2.75, 3.05) is 18.6 Å². The van der Waals surface area contributed by atoms with E-state index in [0.717, 1.165) is 0 Å². The maximum Gasteiger partial charge on any atom is 0.311 e. The van der Waals surface area contributed by atoms with E-state index < -0.39 is 11.9 Å². The van der Waals surface area contributed by atoms with Crippen molar-refractivity contribution in [3.05, 3.63) is 21.8 Å². The summed E-state index contributed by atoms with van der Waals surface area (Å²) in [6.07, 6.45) is 1.54. The fourth-order valence-electron chi connectivity index (χ4n) is 1.97. The molecular formula is C12H12Cl2N2O3. The van der Waals surface area contributed by atoms with Crippen molar-refractivity contribution in [3.8, 4) is 0 Å². The molecular weight excluding hydrogens is 291 g/mol. The molecule has 1 aliphatic rings. The molecule has 1 saturated heterocycles. The van der Waals surface area contributed by atoms with Crippen LogP contribution in [0.15, 0.2) is 6.20 Å². The molecule has 7 heteroatoms. The van der Waals surface area contributed by atoms with Crippen LogP contribution in [0, 0.1) is 12.8 Å². The largest absolute Gasteiger partial charge is 0.469 e. The molecule has 1 aromatic rings. The molecule has 5 nitrogen and oxygen atoms in total. The highest BCUT2D eigenvalue weighted by Crippen LogP contribution is 2.34. The minimum atomic E-state index is -0.480. The molecule has 1 aromatic heterocycles. The molecule has 102 valence electrons. The number of anilines is 1. The van der Waals surface area contributed by atoms with E-state index in [0.29, 0.717) is 21.4 Å². The Bertz CT molecular complexity index is 548. The maximum atomic E-state index is 11.9. The number of rotatable bonds is 2. The van der Waals surface area contributed by atoms with Gasteiger partial charge in [-0.25, -0.2) is 4.98 Å². The fourth-order valence-corrected chi connectivity index (χ4v) is 2.41. The lowest BCUT2D eigenvalue weighted by Crippen LogP contribution is -2.27. The van der Waals surface area contributed by atoms with Crippen molar-refractivity contribution >= 4 is 40.9 Å². The molecule has 19 heavy (non-hydrogen) atoms. The number of hydrogen-bond acceptors (Lipinski definition) is 4. The number of nitrogens with zero attached hydrogens (tertiary/aromatic N) is 2. The first-order chi connectivity index (χ1) is 8.95. The number of pyridine rings is 1. The number of carbonyl (C=O) groups excluding carboxylic acids is 2. The van der Waals surface area contributed by atoms with E-state index in [1.54, 1.807) is 6.92 Å². The molecule has 1 atom stereocenters. The number of amides is 1. The Morgan fingerprint density at radius 3 is 2.84 bits per heavy atom. The van der Waals surface area contributed by atoms with E-state index in [-0.39, 0.29) is 18.9 Å². The third-order valence-electron chi connectivity index (χ3n) is 3.10. The first kappa shape index (κ1) is 14.1. The maximum absolute atomic E-state index is 11.9. The quantitative estimate of drug-likeness (QED) is 0.786. The Kier molecular flexibility index (Phi) is 3.96. The van der Waals surface area contributed by atoms with Crippen molar-refractivity contribution in [2.45, 2.75) is 13.3 Å². The first-order valence-electron chi connectivity index (χ1n) is 5.64. The summed E-state index contributed by atoms with van der Waals surface area (Å²) >= 11 is 12.1. The van der Waals surface area contributed by atoms with Crippen LogP contribution in [0.1, 0.15) is 12.0 Å². The molecule has 2 heterocycles. The molecule has 2 rings (SSSR count). The molecule has 0 saturated carbocycles. The smallest absolute Gasteiger partial charge is 0.311 e. The van der Waals surface area contributed by atoms with Gasteiger partial charge < -0.3 is 4.74 Å². The Hall–Kier alpha value is -1.33. The highest BCUT2D eigenvalue weighted by molar-refractivity contribution is 6.37. The molecule has 1 unspecified atom stereocenters. The van der Waals surface area contributed by atoms with Crippen LogP contribution in [-0.2, 0) is 14.3 Å². The predicted molar refractivity (Wildman–Crippen MR) is 71.5 cm³/mol. The Morgan fingerprint density at radius 2 is 2.21 bits per heavy atom. The summed E-state index contributed by atoms with van der Waals surface area (Å²) in [6.45, 7) is 1.97. The topological polar surface area (TPSA) is 59.5 Å². The monoisotopic (exact) mass is 302 g/mol. The van der Waals surface area contributed by atoms with Crippen molar-refractivity contribution in [1.82, 2.24) is 4.98 Å². The van der Waals surface area contributed by atoms with Gasteiger partial charge in [0, 0.05) is 19.2 Å². The zero-order valence-electron chi connectivity index (χ0n) is 10.4. The second kappa shape index (κ2) is 5.35. The van der Waals surface area contributed by atoms with Gasteiger partial charge in [0.1, 0.15) is 0 Å². The minimum absolute atomic E-state index is 0.104. The third kappa shape index (κ3) is 2.53. The van der Waals surface area contributed by atoms with Crippen LogP contribution < -0.4 is 4.90 Å². The SMILES string of the molecule is COC(=O)C1CC(=O)N(c2ncc(Cl)c(C)c2Cl)C1. The summed E-state index contributed by atoms with van der Waals surface area (Å²) in [6, 6.07) is 0. The third-order valence-corrected chi connectivity index (χ3v) is 3.93. The Morgan fingerprint density at radius 1 is 1.53 bits per heavy atom. The number of esters is 1. The lowest BCUT2D eigenvalue weighted by atomic mass is 10.1. The van der Waals surface area contributed by atoms with Crippen molar-refractivity contribution in [2.24, 2.45) is 5.92 Å². The average Bonchev–Trinajstić information content (AvgIpc) is 2.77. The van der Waals surface area contributed by atoms with E-state index in [1.807, 2.05) is 0 Å². The number of aromatic nitrogens is 1. The summed E-state index contributed by atoms with van der Waals surface area (Å²) in [7, 11) is 1.30. The zero-order valence-corrected chi connectivity index (χ0v) is 12.0. The lowest BCUT2D eigenvalue weighted by Gasteiger charge is -2.17. The minimum Gasteiger partial charge on any atom is -0.469 e. The molecule has 0 bridgehead atoms. The van der Waals surface area contributed by atoms with E-state index >= 15 is 0 Å². The van der Waals surface area contributed by atoms with Crippen LogP contribution in [0.4, 0.5) is 5.82 Å². The summed E-state index contributed by atoms with van der Waals surface area (Å²) in [5, 5.41) is 0.760. The summed E-state index contributed by atoms with van der Waals surface area (Å²) in [4.78, 5) is 28.9. The summed E-state index contributed by atoms with van der Waals surface area (Å²) in [5.74, 6) is -0.754. The summed E-state index contributed by atoms with van der Waals surface area (Å²) < 4.78 is 4.65. The van der Waals surface area contributed by atoms with Crippen LogP contribution in [0.5, 0.6) is 0 Å². The van der Waals surface area contributed by atoms with Crippen molar-refractivity contribution in [1.29, 1.82) is 0 Å². The van der Waals surface area contributed by atoms with E-state index in [9.17, 15) is 9.59 Å². The predicted octanol–water partition coefficient (Wildman–Crippen LogP) is 2.22. The zero-order chi connectivity index (χ0) is 14.2. The van der Waals surface area contributed by atoms with Gasteiger partial charge in [0.05, 0.1) is 23.1 Å². The van der Waals surface area contributed by atoms with E-state index in [4.69, 9.17) is 23.2 Å². The van der Waals surface area contributed by atoms with Gasteiger partial charge in [0.15, 0.2) is 5.82 Å². The molecule has 0 spiro atoms. The van der Waals surface area contributed by atoms with E-state index in [2.05, 4.69) is 9.72 Å². The standard InChI is InChI=1S/C12H12Cl2N2O3/c1-6-8(13)4-15-11(10(6)14)16-5-7(3-9(16)17)12(18)19-2/h4,7H,3,5H2,1-2H3. The van der Waals surface area contributed by atoms with Crippen molar-refractivity contribution < 1.29 is 14.3 Å².